The molecule has 0 spiro atoms. The van der Waals surface area contributed by atoms with E-state index in [0.717, 1.165) is 11.8 Å². The second-order valence-corrected chi connectivity index (χ2v) is 7.28. The van der Waals surface area contributed by atoms with E-state index in [9.17, 15) is 0 Å². The Balaban J connectivity index is 2.15. The molecule has 0 radical (unpaired) electrons. The van der Waals surface area contributed by atoms with Crippen LogP contribution in [0.25, 0.3) is 0 Å². The van der Waals surface area contributed by atoms with Crippen LogP contribution in [-0.2, 0) is 0 Å². The van der Waals surface area contributed by atoms with Crippen molar-refractivity contribution in [1.82, 2.24) is 5.32 Å². The molecule has 2 unspecified atom stereocenters. The Hall–Kier alpha value is -0.0400. The van der Waals surface area contributed by atoms with Crippen molar-refractivity contribution in [3.8, 4) is 0 Å². The Bertz CT molecular complexity index is 204. The van der Waals surface area contributed by atoms with Crippen LogP contribution in [0.2, 0.25) is 0 Å². The molecule has 0 aromatic carbocycles. The summed E-state index contributed by atoms with van der Waals surface area (Å²) in [7, 11) is 0. The maximum absolute atomic E-state index is 3.70. The number of nitrogens with one attached hydrogen (secondary N) is 1. The molecule has 18 heavy (non-hydrogen) atoms. The molecule has 1 aliphatic carbocycles. The van der Waals surface area contributed by atoms with Gasteiger partial charge in [-0.15, -0.1) is 0 Å². The predicted molar refractivity (Wildman–Crippen MR) is 82.0 cm³/mol. The number of rotatable bonds is 8. The highest BCUT2D eigenvalue weighted by Crippen LogP contribution is 2.35. The Labute approximate surface area is 115 Å². The van der Waals surface area contributed by atoms with Gasteiger partial charge in [0.1, 0.15) is 0 Å². The van der Waals surface area contributed by atoms with Gasteiger partial charge in [-0.05, 0) is 45.6 Å². The fourth-order valence-electron chi connectivity index (χ4n) is 3.21. The van der Waals surface area contributed by atoms with Crippen LogP contribution < -0.4 is 5.32 Å². The Morgan fingerprint density at radius 1 is 0.944 bits per heavy atom. The lowest BCUT2D eigenvalue weighted by molar-refractivity contribution is 0.301. The SMILES string of the molecule is CCCCCCCC1CCCC1CNC(C)(C)C. The average molecular weight is 253 g/mol. The van der Waals surface area contributed by atoms with Gasteiger partial charge in [-0.1, -0.05) is 58.3 Å². The van der Waals surface area contributed by atoms with Gasteiger partial charge in [0.15, 0.2) is 0 Å². The first-order chi connectivity index (χ1) is 8.53. The molecule has 2 atom stereocenters. The van der Waals surface area contributed by atoms with Crippen LogP contribution in [0.1, 0.15) is 85.5 Å². The maximum atomic E-state index is 3.70. The van der Waals surface area contributed by atoms with Gasteiger partial charge < -0.3 is 5.32 Å². The van der Waals surface area contributed by atoms with Gasteiger partial charge in [-0.3, -0.25) is 0 Å². The van der Waals surface area contributed by atoms with E-state index in [-0.39, 0.29) is 5.54 Å². The highest BCUT2D eigenvalue weighted by Gasteiger charge is 2.27. The number of hydrogen-bond acceptors (Lipinski definition) is 1. The van der Waals surface area contributed by atoms with Gasteiger partial charge in [0.05, 0.1) is 0 Å². The van der Waals surface area contributed by atoms with Crippen molar-refractivity contribution in [3.63, 3.8) is 0 Å². The molecule has 108 valence electrons. The third kappa shape index (κ3) is 6.78. The van der Waals surface area contributed by atoms with Gasteiger partial charge >= 0.3 is 0 Å². The van der Waals surface area contributed by atoms with E-state index in [1.54, 1.807) is 0 Å². The van der Waals surface area contributed by atoms with Gasteiger partial charge in [-0.25, -0.2) is 0 Å². The van der Waals surface area contributed by atoms with Crippen LogP contribution >= 0.6 is 0 Å². The van der Waals surface area contributed by atoms with Crippen LogP contribution in [0.5, 0.6) is 0 Å². The molecule has 0 heterocycles. The Morgan fingerprint density at radius 3 is 2.28 bits per heavy atom. The lowest BCUT2D eigenvalue weighted by Crippen LogP contribution is -2.39. The highest BCUT2D eigenvalue weighted by molar-refractivity contribution is 4.82. The van der Waals surface area contributed by atoms with E-state index in [1.807, 2.05) is 0 Å². The molecular formula is C17H35N. The van der Waals surface area contributed by atoms with E-state index in [2.05, 4.69) is 33.0 Å². The fraction of sp³-hybridized carbons (Fsp3) is 1.00. The van der Waals surface area contributed by atoms with Crippen LogP contribution in [0, 0.1) is 11.8 Å². The Kier molecular flexibility index (Phi) is 7.29. The average Bonchev–Trinajstić information content (AvgIpc) is 2.73. The number of unbranched alkanes of at least 4 members (excludes halogenated alkanes) is 4. The van der Waals surface area contributed by atoms with Gasteiger partial charge in [0.25, 0.3) is 0 Å². The monoisotopic (exact) mass is 253 g/mol. The summed E-state index contributed by atoms with van der Waals surface area (Å²) >= 11 is 0. The van der Waals surface area contributed by atoms with Gasteiger partial charge in [-0.2, -0.15) is 0 Å². The third-order valence-corrected chi connectivity index (χ3v) is 4.39. The summed E-state index contributed by atoms with van der Waals surface area (Å²) in [5.41, 5.74) is 0.286. The van der Waals surface area contributed by atoms with E-state index < -0.39 is 0 Å². The smallest absolute Gasteiger partial charge is 0.00966 e. The zero-order valence-electron chi connectivity index (χ0n) is 13.2. The van der Waals surface area contributed by atoms with Crippen LogP contribution in [-0.4, -0.2) is 12.1 Å². The molecule has 1 fully saturated rings. The topological polar surface area (TPSA) is 12.0 Å². The molecule has 1 heteroatoms. The van der Waals surface area contributed by atoms with Crippen molar-refractivity contribution in [1.29, 1.82) is 0 Å². The molecule has 1 nitrogen and oxygen atoms in total. The predicted octanol–water partition coefficient (Wildman–Crippen LogP) is 5.15. The second-order valence-electron chi connectivity index (χ2n) is 7.28. The summed E-state index contributed by atoms with van der Waals surface area (Å²) in [6.07, 6.45) is 13.1. The first-order valence-electron chi connectivity index (χ1n) is 8.28. The van der Waals surface area contributed by atoms with E-state index in [4.69, 9.17) is 0 Å². The zero-order valence-corrected chi connectivity index (χ0v) is 13.2. The molecule has 0 amide bonds. The first-order valence-corrected chi connectivity index (χ1v) is 8.28. The standard InChI is InChI=1S/C17H35N/c1-5-6-7-8-9-11-15-12-10-13-16(15)14-18-17(2,3)4/h15-16,18H,5-14H2,1-4H3. The highest BCUT2D eigenvalue weighted by atomic mass is 14.9. The fourth-order valence-corrected chi connectivity index (χ4v) is 3.21. The molecule has 1 saturated carbocycles. The zero-order chi connectivity index (χ0) is 13.4. The van der Waals surface area contributed by atoms with Gasteiger partial charge in [0, 0.05) is 5.54 Å². The lowest BCUT2D eigenvalue weighted by Gasteiger charge is -2.26. The molecule has 1 aliphatic rings. The maximum Gasteiger partial charge on any atom is 0.00966 e. The van der Waals surface area contributed by atoms with Crippen LogP contribution in [0.3, 0.4) is 0 Å². The summed E-state index contributed by atoms with van der Waals surface area (Å²) in [6.45, 7) is 10.4. The number of hydrogen-bond donors (Lipinski definition) is 1. The minimum atomic E-state index is 0.286. The van der Waals surface area contributed by atoms with Crippen molar-refractivity contribution < 1.29 is 0 Å². The first kappa shape index (κ1) is 16.0. The molecule has 0 aromatic rings. The van der Waals surface area contributed by atoms with Crippen molar-refractivity contribution >= 4 is 0 Å². The molecule has 0 bridgehead atoms. The van der Waals surface area contributed by atoms with Crippen molar-refractivity contribution in [2.45, 2.75) is 91.0 Å². The molecule has 0 aromatic heterocycles. The quantitative estimate of drug-likeness (QED) is 0.590. The third-order valence-electron chi connectivity index (χ3n) is 4.39. The Morgan fingerprint density at radius 2 is 1.61 bits per heavy atom. The van der Waals surface area contributed by atoms with Crippen molar-refractivity contribution in [3.05, 3.63) is 0 Å². The van der Waals surface area contributed by atoms with Gasteiger partial charge in [0.2, 0.25) is 0 Å². The molecule has 1 N–H and O–H groups in total. The summed E-state index contributed by atoms with van der Waals surface area (Å²) in [4.78, 5) is 0. The molecule has 0 saturated heterocycles. The van der Waals surface area contributed by atoms with Crippen LogP contribution in [0.4, 0.5) is 0 Å². The normalized spacial score (nSPS) is 24.7. The minimum absolute atomic E-state index is 0.286. The molecule has 0 aliphatic heterocycles. The summed E-state index contributed by atoms with van der Waals surface area (Å²) in [5, 5.41) is 3.70. The second kappa shape index (κ2) is 8.19. The minimum Gasteiger partial charge on any atom is -0.312 e. The van der Waals surface area contributed by atoms with E-state index in [1.165, 1.54) is 64.3 Å². The largest absolute Gasteiger partial charge is 0.312 e. The van der Waals surface area contributed by atoms with Crippen molar-refractivity contribution in [2.75, 3.05) is 6.54 Å². The van der Waals surface area contributed by atoms with E-state index in [0.29, 0.717) is 0 Å². The van der Waals surface area contributed by atoms with E-state index >= 15 is 0 Å². The summed E-state index contributed by atoms with van der Waals surface area (Å²) < 4.78 is 0. The molecule has 1 rings (SSSR count). The van der Waals surface area contributed by atoms with Crippen molar-refractivity contribution in [2.24, 2.45) is 11.8 Å². The molecular weight excluding hydrogens is 218 g/mol. The summed E-state index contributed by atoms with van der Waals surface area (Å²) in [5.74, 6) is 1.97. The lowest BCUT2D eigenvalue weighted by atomic mass is 9.90. The van der Waals surface area contributed by atoms with Crippen LogP contribution in [0.15, 0.2) is 0 Å². The summed E-state index contributed by atoms with van der Waals surface area (Å²) in [6, 6.07) is 0.